The van der Waals surface area contributed by atoms with Crippen LogP contribution in [0.4, 0.5) is 0 Å². The summed E-state index contributed by atoms with van der Waals surface area (Å²) in [5.41, 5.74) is 1.22. The average Bonchev–Trinajstić information content (AvgIpc) is 2.83. The molecular weight excluding hydrogens is 1230 g/mol. The molecule has 0 bridgehead atoms. The van der Waals surface area contributed by atoms with E-state index in [4.69, 9.17) is 0 Å². The van der Waals surface area contributed by atoms with Gasteiger partial charge in [-0.25, -0.2) is 8.42 Å². The van der Waals surface area contributed by atoms with E-state index >= 15 is 0 Å². The molecular formula is C69H165N17O8S. The normalized spacial score (nSPS) is 18.5. The first kappa shape index (κ1) is 116. The Morgan fingerprint density at radius 3 is 1.01 bits per heavy atom. The third kappa shape index (κ3) is 115. The first-order valence-electron chi connectivity index (χ1n) is 37.8. The van der Waals surface area contributed by atoms with E-state index in [2.05, 4.69) is 97.0 Å². The second-order valence-electron chi connectivity index (χ2n) is 18.5. The summed E-state index contributed by atoms with van der Waals surface area (Å²) < 4.78 is 21.2. The zero-order valence-corrected chi connectivity index (χ0v) is 66.5. The van der Waals surface area contributed by atoms with Gasteiger partial charge in [0.05, 0.1) is 44.5 Å². The molecule has 10 fully saturated rings. The molecule has 0 aliphatic carbocycles. The van der Waals surface area contributed by atoms with Crippen molar-refractivity contribution < 1.29 is 37.9 Å². The number of carbonyl (C=O) groups excluding carboxylic acids is 5. The minimum absolute atomic E-state index is 0. The van der Waals surface area contributed by atoms with Crippen molar-refractivity contribution in [2.75, 3.05) is 175 Å². The summed E-state index contributed by atoms with van der Waals surface area (Å²) in [6.07, 6.45) is 18.1. The largest absolute Gasteiger partial charge is 0.412 e. The van der Waals surface area contributed by atoms with E-state index in [0.717, 1.165) is 91.5 Å². The first-order chi connectivity index (χ1) is 46.1. The third-order valence-corrected chi connectivity index (χ3v) is 13.3. The Morgan fingerprint density at radius 1 is 0.242 bits per heavy atom. The Kier molecular flexibility index (Phi) is 139. The number of piperazine rings is 1. The maximum Gasteiger partial charge on any atom is 0.235 e. The number of hydrogen-bond donors (Lipinski definition) is 17. The maximum atomic E-state index is 10.6. The van der Waals surface area contributed by atoms with Gasteiger partial charge in [-0.15, -0.1) is 0 Å². The number of rotatable bonds is 0. The molecule has 10 rings (SSSR count). The molecule has 26 heteroatoms. The predicted octanol–water partition coefficient (Wildman–Crippen LogP) is 5.75. The van der Waals surface area contributed by atoms with Gasteiger partial charge in [0, 0.05) is 97.2 Å². The van der Waals surface area contributed by atoms with Gasteiger partial charge in [-0.1, -0.05) is 164 Å². The van der Waals surface area contributed by atoms with Crippen LogP contribution in [-0.2, 0) is 33.8 Å². The summed E-state index contributed by atoms with van der Waals surface area (Å²) in [5, 5.41) is 50.9. The van der Waals surface area contributed by atoms with Crippen molar-refractivity contribution in [3.63, 3.8) is 0 Å². The highest BCUT2D eigenvalue weighted by Gasteiger charge is 2.13. The van der Waals surface area contributed by atoms with E-state index in [0.29, 0.717) is 70.4 Å². The van der Waals surface area contributed by atoms with Crippen LogP contribution >= 0.6 is 0 Å². The number of hydrogen-bond acceptors (Lipinski definition) is 19. The van der Waals surface area contributed by atoms with Crippen molar-refractivity contribution in [1.82, 2.24) is 90.4 Å². The molecule has 10 aliphatic rings. The Balaban J connectivity index is -0.0000000889. The van der Waals surface area contributed by atoms with Gasteiger partial charge in [0.1, 0.15) is 0 Å². The first-order valence-corrected chi connectivity index (χ1v) is 39.6. The van der Waals surface area contributed by atoms with Crippen molar-refractivity contribution in [2.24, 2.45) is 0 Å². The van der Waals surface area contributed by atoms with Crippen LogP contribution in [0.25, 0.3) is 0 Å². The van der Waals surface area contributed by atoms with Crippen molar-refractivity contribution in [2.45, 2.75) is 235 Å². The monoisotopic (exact) mass is 1390 g/mol. The Labute approximate surface area is 587 Å². The summed E-state index contributed by atoms with van der Waals surface area (Å²) in [7, 11) is -2.65. The van der Waals surface area contributed by atoms with E-state index in [1.807, 2.05) is 138 Å². The topological polar surface area (TPSA) is 355 Å². The molecule has 0 atom stereocenters. The molecule has 0 spiro atoms. The molecule has 0 aromatic heterocycles. The lowest BCUT2D eigenvalue weighted by atomic mass is 10.2. The highest BCUT2D eigenvalue weighted by Crippen LogP contribution is 2.08. The molecule has 5 amide bonds. The lowest BCUT2D eigenvalue weighted by Gasteiger charge is -2.11. The zero-order chi connectivity index (χ0) is 73.7. The molecule has 580 valence electrons. The number of carbonyl (C=O) groups is 5. The van der Waals surface area contributed by atoms with E-state index in [1.54, 1.807) is 0 Å². The van der Waals surface area contributed by atoms with E-state index in [9.17, 15) is 32.4 Å². The highest BCUT2D eigenvalue weighted by molar-refractivity contribution is 7.91. The van der Waals surface area contributed by atoms with Gasteiger partial charge in [-0.05, 0) is 117 Å². The molecule has 19 N–H and O–H groups in total. The Hall–Kier alpha value is -3.64. The second-order valence-corrected chi connectivity index (χ2v) is 20.8. The number of allylic oxidation sites excluding steroid dienone is 1. The van der Waals surface area contributed by atoms with Crippen molar-refractivity contribution in [3.8, 4) is 0 Å². The molecule has 95 heavy (non-hydrogen) atoms. The molecule has 10 aliphatic heterocycles. The second kappa shape index (κ2) is 115. The van der Waals surface area contributed by atoms with Gasteiger partial charge < -0.3 is 85.2 Å². The van der Waals surface area contributed by atoms with Crippen LogP contribution in [0.3, 0.4) is 0 Å². The Bertz CT molecular complexity index is 1290. The zero-order valence-electron chi connectivity index (χ0n) is 65.7. The van der Waals surface area contributed by atoms with E-state index in [-0.39, 0.29) is 35.0 Å². The predicted molar refractivity (Wildman–Crippen MR) is 414 cm³/mol. The molecule has 0 aromatic rings. The Morgan fingerprint density at radius 2 is 0.547 bits per heavy atom. The van der Waals surface area contributed by atoms with Crippen LogP contribution in [0.1, 0.15) is 235 Å². The van der Waals surface area contributed by atoms with Crippen LogP contribution in [0.5, 0.6) is 0 Å². The van der Waals surface area contributed by atoms with E-state index < -0.39 is 9.84 Å². The van der Waals surface area contributed by atoms with Crippen LogP contribution < -0.4 is 90.4 Å². The van der Waals surface area contributed by atoms with Gasteiger partial charge in [0.2, 0.25) is 29.5 Å². The lowest BCUT2D eigenvalue weighted by Crippen LogP contribution is -2.44. The fourth-order valence-electron chi connectivity index (χ4n) is 7.26. The van der Waals surface area contributed by atoms with Crippen molar-refractivity contribution in [3.05, 3.63) is 12.3 Å². The summed E-state index contributed by atoms with van der Waals surface area (Å²) in [5.74, 6) is 1.26. The summed E-state index contributed by atoms with van der Waals surface area (Å²) in [6, 6.07) is 0. The SMILES string of the molecule is C1CCCNCC1.C1CCNCNC1.C1CNCCNC1.C=C1CCCCCN1.CC.CC.CC.CC.CC.CC.CC.CC.CC.CC.O.O=C1CCCNCN1.O=C1CCNCCN1.O=C1CNCCCN1.O=C1CNCCN1.O=C1CNCN1.O=S1(=O)CCNCC1. The average molecular weight is 1390 g/mol. The van der Waals surface area contributed by atoms with Crippen LogP contribution in [0.15, 0.2) is 12.3 Å². The van der Waals surface area contributed by atoms with Gasteiger partial charge in [-0.2, -0.15) is 0 Å². The molecule has 0 unspecified atom stereocenters. The maximum absolute atomic E-state index is 10.6. The van der Waals surface area contributed by atoms with Gasteiger partial charge in [0.15, 0.2) is 9.84 Å². The molecule has 0 saturated carbocycles. The minimum atomic E-state index is -2.65. The van der Waals surface area contributed by atoms with E-state index in [1.165, 1.54) is 116 Å². The lowest BCUT2D eigenvalue weighted by molar-refractivity contribution is -0.121. The minimum Gasteiger partial charge on any atom is -0.412 e. The number of amides is 5. The van der Waals surface area contributed by atoms with Crippen LogP contribution in [0, 0.1) is 0 Å². The summed E-state index contributed by atoms with van der Waals surface area (Å²) in [6.45, 7) is 66.5. The van der Waals surface area contributed by atoms with Gasteiger partial charge >= 0.3 is 0 Å². The van der Waals surface area contributed by atoms with Gasteiger partial charge in [-0.3, -0.25) is 34.6 Å². The van der Waals surface area contributed by atoms with Crippen LogP contribution in [0.2, 0.25) is 0 Å². The molecule has 10 heterocycles. The van der Waals surface area contributed by atoms with Crippen LogP contribution in [-0.4, -0.2) is 219 Å². The molecule has 25 nitrogen and oxygen atoms in total. The molecule has 0 radical (unpaired) electrons. The number of sulfone groups is 1. The summed E-state index contributed by atoms with van der Waals surface area (Å²) in [4.78, 5) is 51.9. The smallest absolute Gasteiger partial charge is 0.235 e. The standard InChI is InChI=1S/C7H13N.C6H13N.3C5H10N2O.2C5H12N2.C4H8N2O.C4H9NO2S.C3H6N2O.10C2H6.H2O/c1-7-5-3-2-4-6-8-7;1-2-4-6-7-5-3-1;8-5-1-2-6-3-4-7-5;8-5-4-6-2-1-3-7-5;8-5-2-1-3-6-4-7-5;1-2-6-4-5-7-3-1;1-2-4-7-5-6-3-1;7-4-3-5-1-2-6-4;6-8(7)3-1-5-2-4-8;6-3-1-4-2-5-3;10*1-2;/h8H,1-6H2;7H,1-6H2;3*6H,1-4H2,(H,7,8);2*6-7H,1-5H2;5H,1-3H2,(H,6,7);5H,1-4H2;4H,1-2H2,(H,5,6);10*1-2H3;1H2. The third-order valence-electron chi connectivity index (χ3n) is 11.6. The fraction of sp³-hybridized carbons (Fsp3) is 0.899. The number of nitrogens with one attached hydrogen (secondary N) is 17. The summed E-state index contributed by atoms with van der Waals surface area (Å²) >= 11 is 0. The van der Waals surface area contributed by atoms with Crippen molar-refractivity contribution >= 4 is 39.4 Å². The van der Waals surface area contributed by atoms with Gasteiger partial charge in [0.25, 0.3) is 0 Å². The molecule has 0 aromatic carbocycles. The molecule has 10 saturated heterocycles. The quantitative estimate of drug-likeness (QED) is 0.137. The van der Waals surface area contributed by atoms with Crippen molar-refractivity contribution in [1.29, 1.82) is 0 Å². The highest BCUT2D eigenvalue weighted by atomic mass is 32.2. The fourth-order valence-corrected chi connectivity index (χ4v) is 8.38.